The highest BCUT2D eigenvalue weighted by Gasteiger charge is 2.08. The van der Waals surface area contributed by atoms with Crippen molar-refractivity contribution in [1.29, 1.82) is 0 Å². The van der Waals surface area contributed by atoms with Crippen LogP contribution in [0.2, 0.25) is 0 Å². The van der Waals surface area contributed by atoms with E-state index >= 15 is 0 Å². The summed E-state index contributed by atoms with van der Waals surface area (Å²) in [6.45, 7) is 3.79. The molecular formula is C18H21NO. The van der Waals surface area contributed by atoms with Gasteiger partial charge in [-0.05, 0) is 25.1 Å². The number of ketones is 1. The highest BCUT2D eigenvalue weighted by molar-refractivity contribution is 5.96. The van der Waals surface area contributed by atoms with E-state index in [-0.39, 0.29) is 5.78 Å². The lowest BCUT2D eigenvalue weighted by Gasteiger charge is -2.17. The average molecular weight is 267 g/mol. The zero-order chi connectivity index (χ0) is 14.4. The average Bonchev–Trinajstić information content (AvgIpc) is 2.48. The summed E-state index contributed by atoms with van der Waals surface area (Å²) in [5, 5.41) is 0. The lowest BCUT2D eigenvalue weighted by atomic mass is 10.1. The summed E-state index contributed by atoms with van der Waals surface area (Å²) >= 11 is 0. The molecule has 2 nitrogen and oxygen atoms in total. The number of hydrogen-bond donors (Lipinski definition) is 0. The molecule has 0 radical (unpaired) electrons. The van der Waals surface area contributed by atoms with E-state index in [0.717, 1.165) is 18.7 Å². The van der Waals surface area contributed by atoms with Crippen LogP contribution in [0.5, 0.6) is 0 Å². The van der Waals surface area contributed by atoms with Gasteiger partial charge >= 0.3 is 0 Å². The first-order valence-electron chi connectivity index (χ1n) is 6.98. The van der Waals surface area contributed by atoms with E-state index in [0.29, 0.717) is 6.42 Å². The van der Waals surface area contributed by atoms with Gasteiger partial charge in [0.15, 0.2) is 5.78 Å². The van der Waals surface area contributed by atoms with Gasteiger partial charge in [0.2, 0.25) is 0 Å². The number of nitrogens with zero attached hydrogens (tertiary/aromatic N) is 1. The molecule has 0 aliphatic heterocycles. The van der Waals surface area contributed by atoms with Crippen LogP contribution in [0, 0.1) is 6.92 Å². The second-order valence-corrected chi connectivity index (χ2v) is 5.20. The molecule has 0 unspecified atom stereocenters. The fourth-order valence-corrected chi connectivity index (χ4v) is 2.22. The van der Waals surface area contributed by atoms with Crippen LogP contribution in [0.4, 0.5) is 0 Å². The number of benzene rings is 2. The van der Waals surface area contributed by atoms with Crippen LogP contribution in [0.1, 0.15) is 27.9 Å². The Morgan fingerprint density at radius 1 is 1.00 bits per heavy atom. The van der Waals surface area contributed by atoms with Crippen molar-refractivity contribution < 1.29 is 4.79 Å². The van der Waals surface area contributed by atoms with E-state index < -0.39 is 0 Å². The van der Waals surface area contributed by atoms with E-state index in [9.17, 15) is 4.79 Å². The molecule has 0 amide bonds. The molecule has 0 atom stereocenters. The molecule has 104 valence electrons. The second kappa shape index (κ2) is 7.01. The summed E-state index contributed by atoms with van der Waals surface area (Å²) in [5.74, 6) is 0.210. The lowest BCUT2D eigenvalue weighted by molar-refractivity contribution is 0.0968. The quantitative estimate of drug-likeness (QED) is 0.744. The van der Waals surface area contributed by atoms with E-state index in [4.69, 9.17) is 0 Å². The zero-order valence-electron chi connectivity index (χ0n) is 12.2. The minimum atomic E-state index is 0.210. The van der Waals surface area contributed by atoms with E-state index in [1.165, 1.54) is 11.1 Å². The standard InChI is InChI=1S/C18H21NO/c1-15-8-6-7-11-17(15)14-19(2)13-12-18(20)16-9-4-3-5-10-16/h3-11H,12-14H2,1-2H3. The fraction of sp³-hybridized carbons (Fsp3) is 0.278. The summed E-state index contributed by atoms with van der Waals surface area (Å²) in [6.07, 6.45) is 0.562. The van der Waals surface area contributed by atoms with Gasteiger partial charge in [-0.3, -0.25) is 4.79 Å². The third kappa shape index (κ3) is 4.04. The molecule has 2 rings (SSSR count). The van der Waals surface area contributed by atoms with Gasteiger partial charge in [0.1, 0.15) is 0 Å². The molecule has 2 aromatic rings. The third-order valence-electron chi connectivity index (χ3n) is 3.52. The van der Waals surface area contributed by atoms with E-state index in [1.807, 2.05) is 30.3 Å². The molecule has 0 N–H and O–H groups in total. The molecule has 2 aromatic carbocycles. The number of aryl methyl sites for hydroxylation is 1. The predicted octanol–water partition coefficient (Wildman–Crippen LogP) is 3.70. The largest absolute Gasteiger partial charge is 0.302 e. The molecule has 0 saturated carbocycles. The first-order valence-corrected chi connectivity index (χ1v) is 6.98. The number of carbonyl (C=O) groups excluding carboxylic acids is 1. The second-order valence-electron chi connectivity index (χ2n) is 5.20. The summed E-state index contributed by atoms with van der Waals surface area (Å²) < 4.78 is 0. The molecular weight excluding hydrogens is 246 g/mol. The highest BCUT2D eigenvalue weighted by Crippen LogP contribution is 2.10. The van der Waals surface area contributed by atoms with Gasteiger partial charge in [0, 0.05) is 25.1 Å². The van der Waals surface area contributed by atoms with Gasteiger partial charge < -0.3 is 4.90 Å². The van der Waals surface area contributed by atoms with Gasteiger partial charge in [0.05, 0.1) is 0 Å². The van der Waals surface area contributed by atoms with Gasteiger partial charge in [-0.15, -0.1) is 0 Å². The monoisotopic (exact) mass is 267 g/mol. The molecule has 0 heterocycles. The third-order valence-corrected chi connectivity index (χ3v) is 3.52. The maximum absolute atomic E-state index is 12.0. The summed E-state index contributed by atoms with van der Waals surface area (Å²) in [4.78, 5) is 14.2. The Bertz CT molecular complexity index is 563. The van der Waals surface area contributed by atoms with Crippen molar-refractivity contribution in [3.05, 3.63) is 71.3 Å². The van der Waals surface area contributed by atoms with E-state index in [2.05, 4.69) is 43.1 Å². The molecule has 0 spiro atoms. The molecule has 0 aliphatic carbocycles. The van der Waals surface area contributed by atoms with Gasteiger partial charge in [-0.2, -0.15) is 0 Å². The number of Topliss-reactive ketones (excluding diaryl/α,β-unsaturated/α-hetero) is 1. The molecule has 0 saturated heterocycles. The van der Waals surface area contributed by atoms with Crippen LogP contribution in [-0.4, -0.2) is 24.3 Å². The van der Waals surface area contributed by atoms with Gasteiger partial charge in [-0.25, -0.2) is 0 Å². The van der Waals surface area contributed by atoms with Crippen LogP contribution in [-0.2, 0) is 6.54 Å². The SMILES string of the molecule is Cc1ccccc1CN(C)CCC(=O)c1ccccc1. The lowest BCUT2D eigenvalue weighted by Crippen LogP contribution is -2.21. The van der Waals surface area contributed by atoms with Gasteiger partial charge in [-0.1, -0.05) is 54.6 Å². The molecule has 2 heteroatoms. The highest BCUT2D eigenvalue weighted by atomic mass is 16.1. The van der Waals surface area contributed by atoms with Crippen LogP contribution < -0.4 is 0 Å². The van der Waals surface area contributed by atoms with Gasteiger partial charge in [0.25, 0.3) is 0 Å². The number of carbonyl (C=O) groups is 1. The Kier molecular flexibility index (Phi) is 5.08. The molecule has 0 bridgehead atoms. The van der Waals surface area contributed by atoms with Crippen LogP contribution in [0.25, 0.3) is 0 Å². The van der Waals surface area contributed by atoms with Crippen LogP contribution in [0.3, 0.4) is 0 Å². The molecule has 0 fully saturated rings. The Hall–Kier alpha value is -1.93. The normalized spacial score (nSPS) is 10.8. The summed E-state index contributed by atoms with van der Waals surface area (Å²) in [6, 6.07) is 17.9. The maximum Gasteiger partial charge on any atom is 0.164 e. The molecule has 20 heavy (non-hydrogen) atoms. The first kappa shape index (κ1) is 14.5. The van der Waals surface area contributed by atoms with Crippen molar-refractivity contribution in [2.75, 3.05) is 13.6 Å². The number of rotatable bonds is 6. The first-order chi connectivity index (χ1) is 9.66. The minimum absolute atomic E-state index is 0.210. The smallest absolute Gasteiger partial charge is 0.164 e. The van der Waals surface area contributed by atoms with Crippen molar-refractivity contribution in [3.8, 4) is 0 Å². The maximum atomic E-state index is 12.0. The number of hydrogen-bond acceptors (Lipinski definition) is 2. The van der Waals surface area contributed by atoms with Crippen molar-refractivity contribution in [2.24, 2.45) is 0 Å². The molecule has 0 aliphatic rings. The van der Waals surface area contributed by atoms with E-state index in [1.54, 1.807) is 0 Å². The van der Waals surface area contributed by atoms with Crippen molar-refractivity contribution in [3.63, 3.8) is 0 Å². The van der Waals surface area contributed by atoms with Crippen LogP contribution in [0.15, 0.2) is 54.6 Å². The summed E-state index contributed by atoms with van der Waals surface area (Å²) in [7, 11) is 2.06. The van der Waals surface area contributed by atoms with Crippen molar-refractivity contribution in [2.45, 2.75) is 19.9 Å². The van der Waals surface area contributed by atoms with Crippen LogP contribution >= 0.6 is 0 Å². The Morgan fingerprint density at radius 2 is 1.65 bits per heavy atom. The minimum Gasteiger partial charge on any atom is -0.302 e. The Morgan fingerprint density at radius 3 is 2.35 bits per heavy atom. The Balaban J connectivity index is 1.85. The molecule has 0 aromatic heterocycles. The summed E-state index contributed by atoms with van der Waals surface area (Å²) in [5.41, 5.74) is 3.42. The Labute approximate surface area is 121 Å². The zero-order valence-corrected chi connectivity index (χ0v) is 12.2. The topological polar surface area (TPSA) is 20.3 Å². The predicted molar refractivity (Wildman–Crippen MR) is 82.9 cm³/mol. The van der Waals surface area contributed by atoms with Crippen molar-refractivity contribution in [1.82, 2.24) is 4.90 Å². The fourth-order valence-electron chi connectivity index (χ4n) is 2.22. The van der Waals surface area contributed by atoms with Crippen molar-refractivity contribution >= 4 is 5.78 Å².